The zero-order chi connectivity index (χ0) is 16.2. The summed E-state index contributed by atoms with van der Waals surface area (Å²) in [5, 5.41) is 0. The number of hydrogen-bond acceptors (Lipinski definition) is 3. The average molecular weight is 309 g/mol. The molecule has 0 aromatic rings. The molecule has 0 N–H and O–H groups in total. The molecule has 1 heterocycles. The van der Waals surface area contributed by atoms with Crippen LogP contribution in [-0.4, -0.2) is 36.5 Å². The summed E-state index contributed by atoms with van der Waals surface area (Å²) in [5.74, 6) is -0.176. The Hall–Kier alpha value is -1.32. The van der Waals surface area contributed by atoms with Crippen LogP contribution >= 0.6 is 0 Å². The highest BCUT2D eigenvalue weighted by Gasteiger charge is 2.27. The molecule has 0 unspecified atom stereocenters. The lowest BCUT2D eigenvalue weighted by Crippen LogP contribution is -2.39. The normalized spacial score (nSPS) is 15.6. The number of carbonyl (C=O) groups excluding carboxylic acids is 2. The smallest absolute Gasteiger partial charge is 0.309 e. The second kappa shape index (κ2) is 11.3. The number of piperidine rings is 1. The highest BCUT2D eigenvalue weighted by atomic mass is 16.5. The lowest BCUT2D eigenvalue weighted by atomic mass is 9.97. The molecule has 0 radical (unpaired) electrons. The average Bonchev–Trinajstić information content (AvgIpc) is 2.56. The van der Waals surface area contributed by atoms with E-state index < -0.39 is 0 Å². The van der Waals surface area contributed by atoms with E-state index in [1.807, 2.05) is 0 Å². The van der Waals surface area contributed by atoms with Crippen LogP contribution in [0.25, 0.3) is 0 Å². The molecule has 1 rings (SSSR count). The summed E-state index contributed by atoms with van der Waals surface area (Å²) in [4.78, 5) is 25.2. The van der Waals surface area contributed by atoms with E-state index in [4.69, 9.17) is 4.74 Å². The number of rotatable bonds is 10. The van der Waals surface area contributed by atoms with Crippen LogP contribution in [0.1, 0.15) is 64.7 Å². The van der Waals surface area contributed by atoms with Crippen LogP contribution in [0.4, 0.5) is 0 Å². The second-order valence-corrected chi connectivity index (χ2v) is 6.09. The van der Waals surface area contributed by atoms with Gasteiger partial charge >= 0.3 is 5.97 Å². The molecular formula is C18H31NO3. The van der Waals surface area contributed by atoms with Crippen molar-refractivity contribution in [1.82, 2.24) is 4.90 Å². The van der Waals surface area contributed by atoms with E-state index in [1.54, 1.807) is 4.90 Å². The number of carbonyl (C=O) groups is 2. The monoisotopic (exact) mass is 309 g/mol. The molecule has 1 aliphatic heterocycles. The van der Waals surface area contributed by atoms with Crippen LogP contribution in [-0.2, 0) is 14.3 Å². The van der Waals surface area contributed by atoms with Crippen molar-refractivity contribution in [2.45, 2.75) is 64.7 Å². The quantitative estimate of drug-likeness (QED) is 0.351. The molecule has 0 saturated carbocycles. The topological polar surface area (TPSA) is 46.6 Å². The number of amides is 1. The molecule has 0 aliphatic carbocycles. The summed E-state index contributed by atoms with van der Waals surface area (Å²) >= 11 is 0. The standard InChI is InChI=1S/C18H31NO3/c1-3-5-6-7-8-9-10-15-22-18(21)16-11-13-19(14-12-16)17(20)4-2/h4,16H,2-3,5-15H2,1H3. The minimum Gasteiger partial charge on any atom is -0.465 e. The van der Waals surface area contributed by atoms with E-state index in [0.29, 0.717) is 32.5 Å². The first-order chi connectivity index (χ1) is 10.7. The Morgan fingerprint density at radius 2 is 1.68 bits per heavy atom. The van der Waals surface area contributed by atoms with Crippen molar-refractivity contribution in [3.05, 3.63) is 12.7 Å². The fourth-order valence-corrected chi connectivity index (χ4v) is 2.81. The molecule has 0 bridgehead atoms. The molecule has 4 heteroatoms. The number of ether oxygens (including phenoxy) is 1. The Morgan fingerprint density at radius 3 is 2.27 bits per heavy atom. The molecule has 0 aromatic heterocycles. The zero-order valence-electron chi connectivity index (χ0n) is 14.0. The maximum absolute atomic E-state index is 12.0. The van der Waals surface area contributed by atoms with Gasteiger partial charge in [0.15, 0.2) is 0 Å². The van der Waals surface area contributed by atoms with Gasteiger partial charge < -0.3 is 9.64 Å². The van der Waals surface area contributed by atoms with E-state index in [9.17, 15) is 9.59 Å². The van der Waals surface area contributed by atoms with Gasteiger partial charge in [0.25, 0.3) is 0 Å². The molecule has 126 valence electrons. The SMILES string of the molecule is C=CC(=O)N1CCC(C(=O)OCCCCCCCCC)CC1. The van der Waals surface area contributed by atoms with Gasteiger partial charge in [-0.2, -0.15) is 0 Å². The maximum Gasteiger partial charge on any atom is 0.309 e. The highest BCUT2D eigenvalue weighted by Crippen LogP contribution is 2.19. The molecule has 0 aromatic carbocycles. The number of hydrogen-bond donors (Lipinski definition) is 0. The molecule has 1 fully saturated rings. The van der Waals surface area contributed by atoms with Gasteiger partial charge in [-0.05, 0) is 25.3 Å². The lowest BCUT2D eigenvalue weighted by molar-refractivity contribution is -0.151. The van der Waals surface area contributed by atoms with Gasteiger partial charge in [-0.15, -0.1) is 0 Å². The Kier molecular flexibility index (Phi) is 9.60. The first-order valence-electron chi connectivity index (χ1n) is 8.77. The fourth-order valence-electron chi connectivity index (χ4n) is 2.81. The van der Waals surface area contributed by atoms with Gasteiger partial charge in [0, 0.05) is 13.1 Å². The molecule has 1 saturated heterocycles. The van der Waals surface area contributed by atoms with Gasteiger partial charge in [-0.1, -0.05) is 52.0 Å². The predicted octanol–water partition coefficient (Wildman–Crippen LogP) is 3.70. The van der Waals surface area contributed by atoms with Crippen LogP contribution in [0.15, 0.2) is 12.7 Å². The summed E-state index contributed by atoms with van der Waals surface area (Å²) in [6, 6.07) is 0. The van der Waals surface area contributed by atoms with Crippen molar-refractivity contribution < 1.29 is 14.3 Å². The van der Waals surface area contributed by atoms with Crippen LogP contribution in [0.5, 0.6) is 0 Å². The zero-order valence-corrected chi connectivity index (χ0v) is 14.0. The Bertz CT molecular complexity index is 346. The van der Waals surface area contributed by atoms with Gasteiger partial charge in [0.2, 0.25) is 5.91 Å². The third-order valence-corrected chi connectivity index (χ3v) is 4.31. The fraction of sp³-hybridized carbons (Fsp3) is 0.778. The van der Waals surface area contributed by atoms with Crippen LogP contribution < -0.4 is 0 Å². The molecule has 0 spiro atoms. The van der Waals surface area contributed by atoms with Crippen LogP contribution in [0.2, 0.25) is 0 Å². The predicted molar refractivity (Wildman–Crippen MR) is 88.5 cm³/mol. The molecule has 0 atom stereocenters. The van der Waals surface area contributed by atoms with Crippen LogP contribution in [0, 0.1) is 5.92 Å². The first kappa shape index (κ1) is 18.7. The number of nitrogens with zero attached hydrogens (tertiary/aromatic N) is 1. The lowest BCUT2D eigenvalue weighted by Gasteiger charge is -2.30. The van der Waals surface area contributed by atoms with Crippen molar-refractivity contribution in [2.75, 3.05) is 19.7 Å². The van der Waals surface area contributed by atoms with Crippen molar-refractivity contribution >= 4 is 11.9 Å². The Labute approximate surface area is 134 Å². The van der Waals surface area contributed by atoms with Crippen molar-refractivity contribution in [2.24, 2.45) is 5.92 Å². The maximum atomic E-state index is 12.0. The van der Waals surface area contributed by atoms with E-state index in [-0.39, 0.29) is 17.8 Å². The van der Waals surface area contributed by atoms with Gasteiger partial charge in [0.1, 0.15) is 0 Å². The van der Waals surface area contributed by atoms with Gasteiger partial charge in [-0.25, -0.2) is 0 Å². The number of esters is 1. The summed E-state index contributed by atoms with van der Waals surface area (Å²) in [6.45, 7) is 7.50. The third-order valence-electron chi connectivity index (χ3n) is 4.31. The van der Waals surface area contributed by atoms with Crippen molar-refractivity contribution in [3.8, 4) is 0 Å². The highest BCUT2D eigenvalue weighted by molar-refractivity contribution is 5.87. The van der Waals surface area contributed by atoms with Gasteiger partial charge in [0.05, 0.1) is 12.5 Å². The Morgan fingerprint density at radius 1 is 1.09 bits per heavy atom. The summed E-state index contributed by atoms with van der Waals surface area (Å²) in [5.41, 5.74) is 0. The minimum absolute atomic E-state index is 0.0431. The largest absolute Gasteiger partial charge is 0.465 e. The van der Waals surface area contributed by atoms with E-state index in [0.717, 1.165) is 12.8 Å². The third kappa shape index (κ3) is 7.10. The van der Waals surface area contributed by atoms with Gasteiger partial charge in [-0.3, -0.25) is 9.59 Å². The van der Waals surface area contributed by atoms with Crippen molar-refractivity contribution in [3.63, 3.8) is 0 Å². The first-order valence-corrected chi connectivity index (χ1v) is 8.77. The van der Waals surface area contributed by atoms with Crippen LogP contribution in [0.3, 0.4) is 0 Å². The molecular weight excluding hydrogens is 278 g/mol. The molecule has 1 aliphatic rings. The summed E-state index contributed by atoms with van der Waals surface area (Å²) < 4.78 is 5.37. The molecule has 22 heavy (non-hydrogen) atoms. The van der Waals surface area contributed by atoms with E-state index in [1.165, 1.54) is 38.2 Å². The molecule has 1 amide bonds. The second-order valence-electron chi connectivity index (χ2n) is 6.09. The van der Waals surface area contributed by atoms with E-state index >= 15 is 0 Å². The van der Waals surface area contributed by atoms with E-state index in [2.05, 4.69) is 13.5 Å². The summed E-state index contributed by atoms with van der Waals surface area (Å²) in [6.07, 6.45) is 11.3. The number of unbranched alkanes of at least 4 members (excludes halogenated alkanes) is 6. The number of likely N-dealkylation sites (tertiary alicyclic amines) is 1. The molecule has 4 nitrogen and oxygen atoms in total. The minimum atomic E-state index is -0.0864. The Balaban J connectivity index is 2.04. The van der Waals surface area contributed by atoms with Crippen molar-refractivity contribution in [1.29, 1.82) is 0 Å². The summed E-state index contributed by atoms with van der Waals surface area (Å²) in [7, 11) is 0.